The third-order valence-corrected chi connectivity index (χ3v) is 7.90. The van der Waals surface area contributed by atoms with Gasteiger partial charge in [-0.2, -0.15) is 0 Å². The van der Waals surface area contributed by atoms with E-state index >= 15 is 0 Å². The van der Waals surface area contributed by atoms with Crippen molar-refractivity contribution >= 4 is 31.5 Å². The number of thioether (sulfide) groups is 1. The molecule has 1 fully saturated rings. The van der Waals surface area contributed by atoms with Crippen molar-refractivity contribution in [3.8, 4) is 0 Å². The Hall–Kier alpha value is -0.960. The highest BCUT2D eigenvalue weighted by atomic mass is 32.2. The summed E-state index contributed by atoms with van der Waals surface area (Å²) in [5.74, 6) is -0.735. The first-order valence-electron chi connectivity index (χ1n) is 10.5. The Kier molecular flexibility index (Phi) is 9.34. The second-order valence-electron chi connectivity index (χ2n) is 9.64. The lowest BCUT2D eigenvalue weighted by Gasteiger charge is -2.40. The van der Waals surface area contributed by atoms with Crippen LogP contribution in [0.15, 0.2) is 0 Å². The van der Waals surface area contributed by atoms with E-state index in [0.717, 1.165) is 0 Å². The van der Waals surface area contributed by atoms with Crippen LogP contribution in [0.5, 0.6) is 0 Å². The van der Waals surface area contributed by atoms with Crippen LogP contribution in [0.2, 0.25) is 0 Å². The van der Waals surface area contributed by atoms with Crippen LogP contribution in [0.3, 0.4) is 0 Å². The van der Waals surface area contributed by atoms with Crippen molar-refractivity contribution in [2.75, 3.05) is 19.0 Å². The van der Waals surface area contributed by atoms with E-state index in [1.807, 2.05) is 13.8 Å². The monoisotopic (exact) mass is 482 g/mol. The van der Waals surface area contributed by atoms with Crippen LogP contribution in [0.4, 0.5) is 9.59 Å². The van der Waals surface area contributed by atoms with Gasteiger partial charge in [0.05, 0.1) is 24.1 Å². The van der Waals surface area contributed by atoms with Crippen LogP contribution in [-0.2, 0) is 23.1 Å². The molecule has 31 heavy (non-hydrogen) atoms. The number of carbonyl (C=O) groups is 2. The Labute approximate surface area is 190 Å². The minimum Gasteiger partial charge on any atom is -0.444 e. The Bertz CT molecular complexity index is 678. The van der Waals surface area contributed by atoms with Crippen molar-refractivity contribution in [2.45, 2.75) is 97.1 Å². The fraction of sp³-hybridized carbons (Fsp3) is 0.900. The molecule has 2 amide bonds. The SMILES string of the molecule is CCOP(=O)(OCC)[C@H](NC(=O)OC(C)(C)C)[C@@H]1CSC(C)(C)N1C(=O)OC(C)(C)C. The molecule has 0 aromatic heterocycles. The van der Waals surface area contributed by atoms with Gasteiger partial charge < -0.3 is 23.8 Å². The van der Waals surface area contributed by atoms with E-state index in [1.54, 1.807) is 55.4 Å². The maximum absolute atomic E-state index is 13.8. The summed E-state index contributed by atoms with van der Waals surface area (Å²) in [7, 11) is -3.86. The Balaban J connectivity index is 3.41. The number of hydrogen-bond acceptors (Lipinski definition) is 8. The van der Waals surface area contributed by atoms with Crippen molar-refractivity contribution in [1.29, 1.82) is 0 Å². The normalized spacial score (nSPS) is 20.3. The number of nitrogens with zero attached hydrogens (tertiary/aromatic N) is 1. The lowest BCUT2D eigenvalue weighted by molar-refractivity contribution is 0.00578. The van der Waals surface area contributed by atoms with Crippen LogP contribution in [-0.4, -0.2) is 64.0 Å². The van der Waals surface area contributed by atoms with Crippen molar-refractivity contribution in [3.05, 3.63) is 0 Å². The van der Waals surface area contributed by atoms with E-state index in [1.165, 1.54) is 16.7 Å². The van der Waals surface area contributed by atoms with Gasteiger partial charge in [0.25, 0.3) is 0 Å². The van der Waals surface area contributed by atoms with E-state index in [0.29, 0.717) is 5.75 Å². The molecule has 2 atom stereocenters. The zero-order valence-corrected chi connectivity index (χ0v) is 22.1. The summed E-state index contributed by atoms with van der Waals surface area (Å²) in [5.41, 5.74) is -1.48. The van der Waals surface area contributed by atoms with Gasteiger partial charge in [-0.1, -0.05) is 0 Å². The van der Waals surface area contributed by atoms with E-state index in [9.17, 15) is 14.2 Å². The molecule has 1 aliphatic heterocycles. The fourth-order valence-corrected chi connectivity index (χ4v) is 6.55. The van der Waals surface area contributed by atoms with Crippen LogP contribution >= 0.6 is 19.4 Å². The summed E-state index contributed by atoms with van der Waals surface area (Å²) in [5, 5.41) is 2.67. The number of rotatable bonds is 7. The average Bonchev–Trinajstić information content (AvgIpc) is 2.84. The zero-order valence-electron chi connectivity index (χ0n) is 20.4. The maximum atomic E-state index is 13.8. The van der Waals surface area contributed by atoms with Gasteiger partial charge in [0.2, 0.25) is 0 Å². The lowest BCUT2D eigenvalue weighted by atomic mass is 10.2. The van der Waals surface area contributed by atoms with Gasteiger partial charge in [0, 0.05) is 5.75 Å². The van der Waals surface area contributed by atoms with Gasteiger partial charge in [0.15, 0.2) is 5.78 Å². The summed E-state index contributed by atoms with van der Waals surface area (Å²) < 4.78 is 35.9. The molecule has 0 saturated carbocycles. The highest BCUT2D eigenvalue weighted by Crippen LogP contribution is 2.56. The number of nitrogens with one attached hydrogen (secondary N) is 1. The van der Waals surface area contributed by atoms with E-state index < -0.39 is 47.7 Å². The van der Waals surface area contributed by atoms with Gasteiger partial charge >= 0.3 is 19.8 Å². The predicted octanol–water partition coefficient (Wildman–Crippen LogP) is 5.19. The number of carbonyl (C=O) groups excluding carboxylic acids is 2. The molecule has 0 aromatic carbocycles. The molecule has 1 N–H and O–H groups in total. The standard InChI is InChI=1S/C20H39N2O7PS/c1-11-26-30(25,27-12-2)15(21-16(23)28-18(3,4)5)14-13-31-20(9,10)22(14)17(24)29-19(6,7)8/h14-15H,11-13H2,1-10H3,(H,21,23)/t14-,15-/m0/s1. The average molecular weight is 483 g/mol. The summed E-state index contributed by atoms with van der Waals surface area (Å²) in [6.07, 6.45) is -1.33. The van der Waals surface area contributed by atoms with Crippen molar-refractivity contribution in [1.82, 2.24) is 10.2 Å². The first kappa shape index (κ1) is 28.1. The van der Waals surface area contributed by atoms with Crippen LogP contribution in [0.1, 0.15) is 69.2 Å². The van der Waals surface area contributed by atoms with E-state index in [2.05, 4.69) is 5.32 Å². The number of hydrogen-bond donors (Lipinski definition) is 1. The Morgan fingerprint density at radius 3 is 1.97 bits per heavy atom. The predicted molar refractivity (Wildman–Crippen MR) is 122 cm³/mol. The molecule has 0 radical (unpaired) electrons. The third-order valence-electron chi connectivity index (χ3n) is 4.10. The summed E-state index contributed by atoms with van der Waals surface area (Å²) in [6.45, 7) is 17.9. The van der Waals surface area contributed by atoms with Gasteiger partial charge in [-0.05, 0) is 69.2 Å². The maximum Gasteiger partial charge on any atom is 0.411 e. The molecule has 0 bridgehead atoms. The van der Waals surface area contributed by atoms with Gasteiger partial charge in [-0.25, -0.2) is 9.59 Å². The van der Waals surface area contributed by atoms with Crippen molar-refractivity contribution < 1.29 is 32.7 Å². The molecule has 0 spiro atoms. The Morgan fingerprint density at radius 1 is 1.06 bits per heavy atom. The molecule has 1 heterocycles. The minimum absolute atomic E-state index is 0.111. The second kappa shape index (κ2) is 10.3. The molecule has 0 aromatic rings. The molecule has 1 aliphatic rings. The van der Waals surface area contributed by atoms with Crippen LogP contribution < -0.4 is 5.32 Å². The third kappa shape index (κ3) is 8.15. The molecule has 1 saturated heterocycles. The van der Waals surface area contributed by atoms with Crippen LogP contribution in [0.25, 0.3) is 0 Å². The first-order chi connectivity index (χ1) is 14.0. The van der Waals surface area contributed by atoms with E-state index in [4.69, 9.17) is 18.5 Å². The molecule has 11 heteroatoms. The molecule has 1 rings (SSSR count). The zero-order chi connectivity index (χ0) is 24.3. The topological polar surface area (TPSA) is 103 Å². The molecular formula is C20H39N2O7PS. The number of alkyl carbamates (subject to hydrolysis) is 1. The van der Waals surface area contributed by atoms with Crippen molar-refractivity contribution in [3.63, 3.8) is 0 Å². The van der Waals surface area contributed by atoms with Crippen LogP contribution in [0, 0.1) is 0 Å². The van der Waals surface area contributed by atoms with Crippen molar-refractivity contribution in [2.24, 2.45) is 0 Å². The number of ether oxygens (including phenoxy) is 2. The highest BCUT2D eigenvalue weighted by Gasteiger charge is 2.54. The number of amides is 2. The fourth-order valence-electron chi connectivity index (χ4n) is 3.10. The Morgan fingerprint density at radius 2 is 1.55 bits per heavy atom. The molecule has 9 nitrogen and oxygen atoms in total. The largest absolute Gasteiger partial charge is 0.444 e. The lowest BCUT2D eigenvalue weighted by Crippen LogP contribution is -2.57. The van der Waals surface area contributed by atoms with E-state index in [-0.39, 0.29) is 13.2 Å². The van der Waals surface area contributed by atoms with Gasteiger partial charge in [-0.3, -0.25) is 9.46 Å². The minimum atomic E-state index is -3.86. The summed E-state index contributed by atoms with van der Waals surface area (Å²) in [4.78, 5) is 26.6. The first-order valence-corrected chi connectivity index (χ1v) is 13.1. The molecule has 0 unspecified atom stereocenters. The smallest absolute Gasteiger partial charge is 0.411 e. The molecular weight excluding hydrogens is 443 g/mol. The van der Waals surface area contributed by atoms with Gasteiger partial charge in [0.1, 0.15) is 11.2 Å². The molecule has 0 aliphatic carbocycles. The molecule has 182 valence electrons. The summed E-state index contributed by atoms with van der Waals surface area (Å²) in [6, 6.07) is -0.702. The second-order valence-corrected chi connectivity index (χ2v) is 13.4. The summed E-state index contributed by atoms with van der Waals surface area (Å²) >= 11 is 1.49. The van der Waals surface area contributed by atoms with Gasteiger partial charge in [-0.15, -0.1) is 11.8 Å². The highest BCUT2D eigenvalue weighted by molar-refractivity contribution is 8.00. The quantitative estimate of drug-likeness (QED) is 0.494.